The van der Waals surface area contributed by atoms with Gasteiger partial charge in [-0.1, -0.05) is 15.9 Å². The molecule has 3 aromatic rings. The van der Waals surface area contributed by atoms with Crippen LogP contribution in [-0.2, 0) is 7.05 Å². The second-order valence-electron chi connectivity index (χ2n) is 5.48. The van der Waals surface area contributed by atoms with Gasteiger partial charge in [0, 0.05) is 35.6 Å². The summed E-state index contributed by atoms with van der Waals surface area (Å²) in [4.78, 5) is 16.4. The predicted molar refractivity (Wildman–Crippen MR) is 91.1 cm³/mol. The van der Waals surface area contributed by atoms with Gasteiger partial charge in [-0.05, 0) is 43.2 Å². The van der Waals surface area contributed by atoms with Gasteiger partial charge in [0.25, 0.3) is 0 Å². The fraction of sp³-hybridized carbons (Fsp3) is 0.235. The Kier molecular flexibility index (Phi) is 3.60. The number of Topliss-reactive ketones (excluding diaryl/α,β-unsaturated/α-hetero) is 1. The van der Waals surface area contributed by atoms with Gasteiger partial charge < -0.3 is 0 Å². The summed E-state index contributed by atoms with van der Waals surface area (Å²) >= 11 is 3.65. The van der Waals surface area contributed by atoms with Crippen molar-refractivity contribution in [1.82, 2.24) is 14.8 Å². The highest BCUT2D eigenvalue weighted by atomic mass is 79.9. The van der Waals surface area contributed by atoms with Crippen molar-refractivity contribution in [2.24, 2.45) is 7.05 Å². The summed E-state index contributed by atoms with van der Waals surface area (Å²) in [5.74, 6) is -0.0384. The molecule has 0 aliphatic carbocycles. The molecule has 0 saturated carbocycles. The van der Waals surface area contributed by atoms with Crippen molar-refractivity contribution < 1.29 is 4.79 Å². The topological polar surface area (TPSA) is 47.8 Å². The predicted octanol–water partition coefficient (Wildman–Crippen LogP) is 4.22. The number of aromatic nitrogens is 3. The van der Waals surface area contributed by atoms with E-state index in [0.717, 1.165) is 37.8 Å². The third kappa shape index (κ3) is 2.25. The Bertz CT molecular complexity index is 912. The van der Waals surface area contributed by atoms with Crippen LogP contribution in [0, 0.1) is 13.8 Å². The standard InChI is InChI=1S/C17H16BrN3O/c1-9-7-14-16(10(2)17(9)18)12(8-13(20-14)11(3)22)15-5-6-19-21(15)4/h5-8H,1-4H3. The van der Waals surface area contributed by atoms with Crippen molar-refractivity contribution in [3.8, 4) is 11.3 Å². The number of rotatable bonds is 2. The van der Waals surface area contributed by atoms with Crippen LogP contribution in [0.5, 0.6) is 0 Å². The van der Waals surface area contributed by atoms with Gasteiger partial charge in [-0.2, -0.15) is 5.10 Å². The summed E-state index contributed by atoms with van der Waals surface area (Å²) in [6.07, 6.45) is 1.76. The Morgan fingerprint density at radius 1 is 1.27 bits per heavy atom. The first-order valence-corrected chi connectivity index (χ1v) is 7.79. The molecule has 0 N–H and O–H groups in total. The molecule has 0 bridgehead atoms. The lowest BCUT2D eigenvalue weighted by atomic mass is 9.98. The van der Waals surface area contributed by atoms with Crippen LogP contribution in [0.15, 0.2) is 28.9 Å². The number of aryl methyl sites for hydroxylation is 3. The lowest BCUT2D eigenvalue weighted by Crippen LogP contribution is -2.02. The Balaban J connectivity index is 2.50. The maximum atomic E-state index is 11.8. The highest BCUT2D eigenvalue weighted by Gasteiger charge is 2.17. The molecule has 112 valence electrons. The van der Waals surface area contributed by atoms with E-state index in [4.69, 9.17) is 0 Å². The SMILES string of the molecule is CC(=O)c1cc(-c2ccnn2C)c2c(C)c(Br)c(C)cc2n1. The molecule has 1 aromatic carbocycles. The van der Waals surface area contributed by atoms with Crippen LogP contribution in [0.25, 0.3) is 22.2 Å². The number of hydrogen-bond donors (Lipinski definition) is 0. The average molecular weight is 358 g/mol. The van der Waals surface area contributed by atoms with E-state index in [-0.39, 0.29) is 5.78 Å². The molecule has 22 heavy (non-hydrogen) atoms. The highest BCUT2D eigenvalue weighted by Crippen LogP contribution is 2.35. The molecule has 2 aromatic heterocycles. The molecular weight excluding hydrogens is 342 g/mol. The van der Waals surface area contributed by atoms with Crippen molar-refractivity contribution >= 4 is 32.6 Å². The van der Waals surface area contributed by atoms with E-state index >= 15 is 0 Å². The molecule has 0 saturated heterocycles. The Hall–Kier alpha value is -2.01. The van der Waals surface area contributed by atoms with Gasteiger partial charge >= 0.3 is 0 Å². The van der Waals surface area contributed by atoms with Crippen LogP contribution in [-0.4, -0.2) is 20.5 Å². The minimum absolute atomic E-state index is 0.0384. The summed E-state index contributed by atoms with van der Waals surface area (Å²) in [7, 11) is 1.90. The first-order valence-electron chi connectivity index (χ1n) is 7.00. The molecule has 0 spiro atoms. The largest absolute Gasteiger partial charge is 0.293 e. The number of carbonyl (C=O) groups excluding carboxylic acids is 1. The molecular formula is C17H16BrN3O. The number of hydrogen-bond acceptors (Lipinski definition) is 3. The summed E-state index contributed by atoms with van der Waals surface area (Å²) in [6, 6.07) is 5.82. The van der Waals surface area contributed by atoms with Gasteiger partial charge in [0.1, 0.15) is 5.69 Å². The molecule has 0 unspecified atom stereocenters. The zero-order valence-corrected chi connectivity index (χ0v) is 14.5. The van der Waals surface area contributed by atoms with E-state index in [1.165, 1.54) is 0 Å². The van der Waals surface area contributed by atoms with Crippen molar-refractivity contribution in [3.05, 3.63) is 45.7 Å². The number of nitrogens with zero attached hydrogens (tertiary/aromatic N) is 3. The molecule has 0 aliphatic heterocycles. The number of ketones is 1. The van der Waals surface area contributed by atoms with Crippen LogP contribution < -0.4 is 0 Å². The van der Waals surface area contributed by atoms with E-state index in [2.05, 4.69) is 32.9 Å². The third-order valence-corrected chi connectivity index (χ3v) is 5.13. The molecule has 0 fully saturated rings. The average Bonchev–Trinajstić information content (AvgIpc) is 2.89. The second kappa shape index (κ2) is 5.32. The van der Waals surface area contributed by atoms with Crippen molar-refractivity contribution in [1.29, 1.82) is 0 Å². The quantitative estimate of drug-likeness (QED) is 0.645. The summed E-state index contributed by atoms with van der Waals surface area (Å²) < 4.78 is 2.88. The molecule has 3 rings (SSSR count). The molecule has 0 radical (unpaired) electrons. The fourth-order valence-electron chi connectivity index (χ4n) is 2.76. The summed E-state index contributed by atoms with van der Waals surface area (Å²) in [6.45, 7) is 5.64. The molecule has 5 heteroatoms. The Morgan fingerprint density at radius 2 is 2.00 bits per heavy atom. The lowest BCUT2D eigenvalue weighted by molar-refractivity contribution is 0.101. The summed E-state index contributed by atoms with van der Waals surface area (Å²) in [5.41, 5.74) is 5.48. The van der Waals surface area contributed by atoms with E-state index in [1.807, 2.05) is 36.9 Å². The summed E-state index contributed by atoms with van der Waals surface area (Å²) in [5, 5.41) is 5.29. The third-order valence-electron chi connectivity index (χ3n) is 3.91. The Labute approximate surface area is 137 Å². The molecule has 0 atom stereocenters. The molecule has 4 nitrogen and oxygen atoms in total. The van der Waals surface area contributed by atoms with Crippen LogP contribution in [0.2, 0.25) is 0 Å². The fourth-order valence-corrected chi connectivity index (χ4v) is 3.07. The maximum absolute atomic E-state index is 11.8. The van der Waals surface area contributed by atoms with Gasteiger partial charge in [0.2, 0.25) is 0 Å². The van der Waals surface area contributed by atoms with E-state index < -0.39 is 0 Å². The van der Waals surface area contributed by atoms with Crippen LogP contribution >= 0.6 is 15.9 Å². The van der Waals surface area contributed by atoms with E-state index in [1.54, 1.807) is 13.1 Å². The molecule has 0 amide bonds. The monoisotopic (exact) mass is 357 g/mol. The van der Waals surface area contributed by atoms with Crippen LogP contribution in [0.4, 0.5) is 0 Å². The van der Waals surface area contributed by atoms with Gasteiger partial charge in [0.15, 0.2) is 5.78 Å². The number of halogens is 1. The van der Waals surface area contributed by atoms with Crippen molar-refractivity contribution in [2.45, 2.75) is 20.8 Å². The highest BCUT2D eigenvalue weighted by molar-refractivity contribution is 9.10. The van der Waals surface area contributed by atoms with Crippen molar-refractivity contribution in [3.63, 3.8) is 0 Å². The number of fused-ring (bicyclic) bond motifs is 1. The first kappa shape index (κ1) is 14.9. The minimum atomic E-state index is -0.0384. The second-order valence-corrected chi connectivity index (χ2v) is 6.27. The smallest absolute Gasteiger partial charge is 0.178 e. The number of carbonyl (C=O) groups is 1. The first-order chi connectivity index (χ1) is 10.4. The van der Waals surface area contributed by atoms with Crippen LogP contribution in [0.3, 0.4) is 0 Å². The molecule has 0 aliphatic rings. The van der Waals surface area contributed by atoms with Gasteiger partial charge in [-0.25, -0.2) is 4.98 Å². The van der Waals surface area contributed by atoms with Crippen LogP contribution in [0.1, 0.15) is 28.5 Å². The number of benzene rings is 1. The zero-order chi connectivity index (χ0) is 16.0. The van der Waals surface area contributed by atoms with Gasteiger partial charge in [0.05, 0.1) is 11.2 Å². The lowest BCUT2D eigenvalue weighted by Gasteiger charge is -2.14. The zero-order valence-electron chi connectivity index (χ0n) is 12.9. The van der Waals surface area contributed by atoms with E-state index in [9.17, 15) is 4.79 Å². The minimum Gasteiger partial charge on any atom is -0.293 e. The maximum Gasteiger partial charge on any atom is 0.178 e. The van der Waals surface area contributed by atoms with Gasteiger partial charge in [-0.15, -0.1) is 0 Å². The normalized spacial score (nSPS) is 11.1. The van der Waals surface area contributed by atoms with E-state index in [0.29, 0.717) is 5.69 Å². The van der Waals surface area contributed by atoms with Gasteiger partial charge in [-0.3, -0.25) is 9.48 Å². The number of pyridine rings is 1. The van der Waals surface area contributed by atoms with Crippen molar-refractivity contribution in [2.75, 3.05) is 0 Å². The Morgan fingerprint density at radius 3 is 2.59 bits per heavy atom. The molecule has 2 heterocycles.